The van der Waals surface area contributed by atoms with E-state index in [0.717, 1.165) is 11.9 Å². The highest BCUT2D eigenvalue weighted by molar-refractivity contribution is 6.61. The van der Waals surface area contributed by atoms with Gasteiger partial charge in [0, 0.05) is 17.9 Å². The molecule has 1 aliphatic heterocycles. The van der Waals surface area contributed by atoms with Crippen LogP contribution in [0.15, 0.2) is 12.4 Å². The topological polar surface area (TPSA) is 53.5 Å². The SMILES string of the molecule is CCCOc1ncc(B2OC(C)(C)C(C)(C)O2)cn1. The Morgan fingerprint density at radius 2 is 1.63 bits per heavy atom. The molecule has 0 bridgehead atoms. The molecule has 5 nitrogen and oxygen atoms in total. The molecule has 1 aliphatic rings. The van der Waals surface area contributed by atoms with Gasteiger partial charge in [-0.1, -0.05) is 6.92 Å². The number of nitrogens with zero attached hydrogens (tertiary/aromatic N) is 2. The number of ether oxygens (including phenoxy) is 1. The molecule has 0 atom stereocenters. The van der Waals surface area contributed by atoms with Gasteiger partial charge in [0.2, 0.25) is 0 Å². The van der Waals surface area contributed by atoms with Crippen molar-refractivity contribution in [3.8, 4) is 6.01 Å². The van der Waals surface area contributed by atoms with E-state index in [0.29, 0.717) is 12.6 Å². The standard InChI is InChI=1S/C13H21BN2O3/c1-6-7-17-11-15-8-10(9-16-11)14-18-12(2,3)13(4,5)19-14/h8-9H,6-7H2,1-5H3. The van der Waals surface area contributed by atoms with Crippen LogP contribution < -0.4 is 10.2 Å². The second-order valence-corrected chi connectivity index (χ2v) is 5.74. The summed E-state index contributed by atoms with van der Waals surface area (Å²) in [5.41, 5.74) is 0.104. The molecule has 1 aromatic rings. The molecule has 2 heterocycles. The fraction of sp³-hybridized carbons (Fsp3) is 0.692. The highest BCUT2D eigenvalue weighted by Crippen LogP contribution is 2.36. The first-order chi connectivity index (χ1) is 8.86. The van der Waals surface area contributed by atoms with Crippen molar-refractivity contribution in [3.05, 3.63) is 12.4 Å². The summed E-state index contributed by atoms with van der Waals surface area (Å²) in [5.74, 6) is 0. The van der Waals surface area contributed by atoms with Crippen LogP contribution >= 0.6 is 0 Å². The normalized spacial score (nSPS) is 20.6. The predicted octanol–water partition coefficient (Wildman–Crippen LogP) is 1.56. The third-order valence-corrected chi connectivity index (χ3v) is 3.61. The first-order valence-electron chi connectivity index (χ1n) is 6.66. The van der Waals surface area contributed by atoms with Gasteiger partial charge in [0.25, 0.3) is 0 Å². The fourth-order valence-corrected chi connectivity index (χ4v) is 1.69. The Bertz CT molecular complexity index is 418. The zero-order valence-electron chi connectivity index (χ0n) is 12.3. The van der Waals surface area contributed by atoms with Crippen LogP contribution in [-0.4, -0.2) is 34.9 Å². The molecular formula is C13H21BN2O3. The largest absolute Gasteiger partial charge is 0.498 e. The molecule has 0 unspecified atom stereocenters. The summed E-state index contributed by atoms with van der Waals surface area (Å²) in [5, 5.41) is 0. The van der Waals surface area contributed by atoms with Gasteiger partial charge in [-0.05, 0) is 34.1 Å². The summed E-state index contributed by atoms with van der Waals surface area (Å²) >= 11 is 0. The summed E-state index contributed by atoms with van der Waals surface area (Å²) in [6.45, 7) is 10.7. The molecule has 1 saturated heterocycles. The van der Waals surface area contributed by atoms with Gasteiger partial charge in [-0.15, -0.1) is 0 Å². The average Bonchev–Trinajstić information content (AvgIpc) is 2.56. The molecule has 104 valence electrons. The van der Waals surface area contributed by atoms with Crippen LogP contribution in [0.3, 0.4) is 0 Å². The van der Waals surface area contributed by atoms with E-state index in [1.807, 2.05) is 34.6 Å². The van der Waals surface area contributed by atoms with Crippen molar-refractivity contribution in [2.75, 3.05) is 6.61 Å². The van der Waals surface area contributed by atoms with Crippen molar-refractivity contribution in [3.63, 3.8) is 0 Å². The number of hydrogen-bond donors (Lipinski definition) is 0. The Hall–Kier alpha value is -1.14. The molecule has 2 rings (SSSR count). The fourth-order valence-electron chi connectivity index (χ4n) is 1.69. The minimum Gasteiger partial charge on any atom is -0.463 e. The van der Waals surface area contributed by atoms with Gasteiger partial charge in [-0.2, -0.15) is 0 Å². The summed E-state index contributed by atoms with van der Waals surface area (Å²) in [7, 11) is -0.426. The smallest absolute Gasteiger partial charge is 0.463 e. The maximum atomic E-state index is 5.93. The zero-order valence-corrected chi connectivity index (χ0v) is 12.3. The van der Waals surface area contributed by atoms with Crippen molar-refractivity contribution in [2.45, 2.75) is 52.2 Å². The van der Waals surface area contributed by atoms with Crippen LogP contribution in [0.4, 0.5) is 0 Å². The number of aromatic nitrogens is 2. The van der Waals surface area contributed by atoms with Crippen molar-refractivity contribution >= 4 is 12.6 Å². The van der Waals surface area contributed by atoms with Crippen molar-refractivity contribution in [1.82, 2.24) is 9.97 Å². The molecule has 0 N–H and O–H groups in total. The second kappa shape index (κ2) is 5.09. The van der Waals surface area contributed by atoms with Crippen molar-refractivity contribution in [1.29, 1.82) is 0 Å². The van der Waals surface area contributed by atoms with Crippen LogP contribution in [0.5, 0.6) is 6.01 Å². The first-order valence-corrected chi connectivity index (χ1v) is 6.66. The minimum absolute atomic E-state index is 0.352. The first kappa shape index (κ1) is 14.3. The Kier molecular flexibility index (Phi) is 3.83. The summed E-state index contributed by atoms with van der Waals surface area (Å²) in [6, 6.07) is 0.391. The van der Waals surface area contributed by atoms with E-state index < -0.39 is 7.12 Å². The maximum Gasteiger partial charge on any atom is 0.498 e. The highest BCUT2D eigenvalue weighted by Gasteiger charge is 2.51. The van der Waals surface area contributed by atoms with Gasteiger partial charge in [-0.25, -0.2) is 9.97 Å². The maximum absolute atomic E-state index is 5.93. The lowest BCUT2D eigenvalue weighted by Gasteiger charge is -2.32. The van der Waals surface area contributed by atoms with E-state index in [4.69, 9.17) is 14.0 Å². The van der Waals surface area contributed by atoms with Crippen LogP contribution in [-0.2, 0) is 9.31 Å². The zero-order chi connectivity index (χ0) is 14.1. The molecule has 6 heteroatoms. The molecule has 19 heavy (non-hydrogen) atoms. The summed E-state index contributed by atoms with van der Waals surface area (Å²) in [4.78, 5) is 8.33. The van der Waals surface area contributed by atoms with Crippen molar-refractivity contribution < 1.29 is 14.0 Å². The predicted molar refractivity (Wildman–Crippen MR) is 73.5 cm³/mol. The average molecular weight is 264 g/mol. The van der Waals surface area contributed by atoms with Gasteiger partial charge in [0.1, 0.15) is 0 Å². The van der Waals surface area contributed by atoms with Gasteiger partial charge in [0.15, 0.2) is 0 Å². The van der Waals surface area contributed by atoms with E-state index in [2.05, 4.69) is 9.97 Å². The van der Waals surface area contributed by atoms with Crippen LogP contribution in [0, 0.1) is 0 Å². The molecule has 0 saturated carbocycles. The lowest BCUT2D eigenvalue weighted by atomic mass is 9.81. The van der Waals surface area contributed by atoms with E-state index in [1.165, 1.54) is 0 Å². The lowest BCUT2D eigenvalue weighted by Crippen LogP contribution is -2.41. The number of rotatable bonds is 4. The third kappa shape index (κ3) is 2.90. The third-order valence-electron chi connectivity index (χ3n) is 3.61. The molecule has 0 radical (unpaired) electrons. The quantitative estimate of drug-likeness (QED) is 0.772. The van der Waals surface area contributed by atoms with E-state index in [-0.39, 0.29) is 11.2 Å². The molecule has 0 spiro atoms. The van der Waals surface area contributed by atoms with Crippen LogP contribution in [0.1, 0.15) is 41.0 Å². The van der Waals surface area contributed by atoms with E-state index in [1.54, 1.807) is 12.4 Å². The Morgan fingerprint density at radius 3 is 2.11 bits per heavy atom. The molecule has 0 aliphatic carbocycles. The molecule has 0 amide bonds. The van der Waals surface area contributed by atoms with Gasteiger partial charge in [-0.3, -0.25) is 0 Å². The minimum atomic E-state index is -0.426. The summed E-state index contributed by atoms with van der Waals surface area (Å²) in [6.07, 6.45) is 4.32. The van der Waals surface area contributed by atoms with Gasteiger partial charge < -0.3 is 14.0 Å². The summed E-state index contributed by atoms with van der Waals surface area (Å²) < 4.78 is 17.2. The molecule has 1 fully saturated rings. The van der Waals surface area contributed by atoms with Crippen LogP contribution in [0.2, 0.25) is 0 Å². The number of hydrogen-bond acceptors (Lipinski definition) is 5. The Balaban J connectivity index is 2.08. The van der Waals surface area contributed by atoms with E-state index in [9.17, 15) is 0 Å². The molecule has 0 aromatic carbocycles. The lowest BCUT2D eigenvalue weighted by molar-refractivity contribution is 0.00578. The van der Waals surface area contributed by atoms with Gasteiger partial charge >= 0.3 is 13.1 Å². The van der Waals surface area contributed by atoms with Crippen molar-refractivity contribution in [2.24, 2.45) is 0 Å². The Labute approximate surface area is 114 Å². The second-order valence-electron chi connectivity index (χ2n) is 5.74. The van der Waals surface area contributed by atoms with Crippen LogP contribution in [0.25, 0.3) is 0 Å². The highest BCUT2D eigenvalue weighted by atomic mass is 16.7. The monoisotopic (exact) mass is 264 g/mol. The Morgan fingerprint density at radius 1 is 1.11 bits per heavy atom. The molecule has 1 aromatic heterocycles. The van der Waals surface area contributed by atoms with E-state index >= 15 is 0 Å². The van der Waals surface area contributed by atoms with Gasteiger partial charge in [0.05, 0.1) is 17.8 Å². The molecular weight excluding hydrogens is 243 g/mol.